The smallest absolute Gasteiger partial charge is 0.252 e. The molecule has 1 fully saturated rings. The number of ether oxygens (including phenoxy) is 2. The largest absolute Gasteiger partial charge is 0.454 e. The molecule has 3 aromatic carbocycles. The third-order valence-electron chi connectivity index (χ3n) is 7.21. The Morgan fingerprint density at radius 2 is 1.81 bits per heavy atom. The number of anilines is 1. The molecule has 3 aliphatic rings. The zero-order valence-electron chi connectivity index (χ0n) is 19.5. The molecule has 0 saturated heterocycles. The van der Waals surface area contributed by atoms with Crippen LogP contribution in [0.15, 0.2) is 76.6 Å². The van der Waals surface area contributed by atoms with Gasteiger partial charge in [0, 0.05) is 23.6 Å². The maximum Gasteiger partial charge on any atom is 0.252 e. The Labute approximate surface area is 212 Å². The summed E-state index contributed by atoms with van der Waals surface area (Å²) in [6.07, 6.45) is 2.97. The molecule has 2 aliphatic heterocycles. The Bertz CT molecular complexity index is 1590. The molecule has 7 heteroatoms. The first-order valence-electron chi connectivity index (χ1n) is 12.2. The van der Waals surface area contributed by atoms with Crippen molar-refractivity contribution in [1.29, 1.82) is 0 Å². The average molecular weight is 497 g/mol. The van der Waals surface area contributed by atoms with E-state index in [1.807, 2.05) is 0 Å². The highest BCUT2D eigenvalue weighted by molar-refractivity contribution is 7.99. The van der Waals surface area contributed by atoms with Crippen molar-refractivity contribution < 1.29 is 14.3 Å². The second-order valence-electron chi connectivity index (χ2n) is 9.57. The van der Waals surface area contributed by atoms with Gasteiger partial charge in [-0.25, -0.2) is 0 Å². The maximum atomic E-state index is 13.4. The Balaban J connectivity index is 1.23. The Morgan fingerprint density at radius 1 is 0.972 bits per heavy atom. The third kappa shape index (κ3) is 3.66. The standard InChI is InChI=1S/C29H24N2O4S/c32-26-13-20(12-19-6-3-5-17-4-1-2-7-22(17)19)27(18-8-9-18)29-31(26)23(15-36-29)28(33)30-21-10-11-24-25(14-21)35-16-34-24/h1-7,10-11,13-14,18,23H,8-9,12,15-16H2,(H,30,33)/t23-/m0/s1. The summed E-state index contributed by atoms with van der Waals surface area (Å²) in [5.41, 5.74) is 4.09. The lowest BCUT2D eigenvalue weighted by Crippen LogP contribution is -2.33. The van der Waals surface area contributed by atoms with E-state index in [4.69, 9.17) is 9.47 Å². The molecule has 4 aromatic rings. The van der Waals surface area contributed by atoms with Crippen LogP contribution in [0.3, 0.4) is 0 Å². The number of carbonyl (C=O) groups excluding carboxylic acids is 1. The van der Waals surface area contributed by atoms with E-state index in [2.05, 4.69) is 47.8 Å². The number of rotatable bonds is 5. The number of nitrogens with zero attached hydrogens (tertiary/aromatic N) is 1. The summed E-state index contributed by atoms with van der Waals surface area (Å²) < 4.78 is 12.5. The normalized spacial score (nSPS) is 17.8. The first-order valence-corrected chi connectivity index (χ1v) is 13.2. The topological polar surface area (TPSA) is 69.6 Å². The molecular formula is C29H24N2O4S. The molecule has 1 saturated carbocycles. The van der Waals surface area contributed by atoms with Gasteiger partial charge in [0.25, 0.3) is 5.56 Å². The highest BCUT2D eigenvalue weighted by Crippen LogP contribution is 2.49. The first kappa shape index (κ1) is 21.6. The van der Waals surface area contributed by atoms with Gasteiger partial charge in [-0.05, 0) is 64.8 Å². The van der Waals surface area contributed by atoms with Crippen molar-refractivity contribution in [3.05, 3.63) is 93.8 Å². The van der Waals surface area contributed by atoms with Gasteiger partial charge >= 0.3 is 0 Å². The van der Waals surface area contributed by atoms with Gasteiger partial charge in [-0.1, -0.05) is 42.5 Å². The number of fused-ring (bicyclic) bond motifs is 3. The van der Waals surface area contributed by atoms with Crippen LogP contribution in [0.5, 0.6) is 11.5 Å². The predicted octanol–water partition coefficient (Wildman–Crippen LogP) is 5.48. The lowest BCUT2D eigenvalue weighted by Gasteiger charge is -2.18. The Hall–Kier alpha value is -3.71. The van der Waals surface area contributed by atoms with E-state index < -0.39 is 6.04 Å². The molecule has 1 atom stereocenters. The molecule has 0 radical (unpaired) electrons. The summed E-state index contributed by atoms with van der Waals surface area (Å²) >= 11 is 1.63. The van der Waals surface area contributed by atoms with Gasteiger partial charge < -0.3 is 14.8 Å². The number of benzene rings is 3. The van der Waals surface area contributed by atoms with Crippen molar-refractivity contribution >= 4 is 34.1 Å². The minimum atomic E-state index is -0.549. The summed E-state index contributed by atoms with van der Waals surface area (Å²) in [6, 6.07) is 21.3. The van der Waals surface area contributed by atoms with Crippen LogP contribution >= 0.6 is 11.8 Å². The summed E-state index contributed by atoms with van der Waals surface area (Å²) in [7, 11) is 0. The van der Waals surface area contributed by atoms with Crippen molar-refractivity contribution in [2.24, 2.45) is 0 Å². The fraction of sp³-hybridized carbons (Fsp3) is 0.241. The van der Waals surface area contributed by atoms with Crippen LogP contribution in [-0.4, -0.2) is 23.0 Å². The summed E-state index contributed by atoms with van der Waals surface area (Å²) in [4.78, 5) is 26.7. The maximum absolute atomic E-state index is 13.4. The van der Waals surface area contributed by atoms with E-state index >= 15 is 0 Å². The van der Waals surface area contributed by atoms with Crippen molar-refractivity contribution in [3.63, 3.8) is 0 Å². The Morgan fingerprint density at radius 3 is 2.69 bits per heavy atom. The SMILES string of the molecule is O=C(Nc1ccc2c(c1)OCO2)[C@@H]1CSc2c(C3CC3)c(Cc3cccc4ccccc34)cc(=O)n21. The highest BCUT2D eigenvalue weighted by Gasteiger charge is 2.37. The second kappa shape index (κ2) is 8.45. The number of carbonyl (C=O) groups is 1. The molecule has 1 amide bonds. The van der Waals surface area contributed by atoms with Gasteiger partial charge in [0.1, 0.15) is 6.04 Å². The quantitative estimate of drug-likeness (QED) is 0.396. The Kier molecular flexibility index (Phi) is 5.06. The van der Waals surface area contributed by atoms with Crippen LogP contribution in [0, 0.1) is 0 Å². The van der Waals surface area contributed by atoms with Gasteiger partial charge in [0.05, 0.1) is 5.03 Å². The van der Waals surface area contributed by atoms with Crippen LogP contribution < -0.4 is 20.3 Å². The molecule has 0 spiro atoms. The summed E-state index contributed by atoms with van der Waals surface area (Å²) in [5.74, 6) is 2.09. The van der Waals surface area contributed by atoms with Crippen LogP contribution in [0.2, 0.25) is 0 Å². The lowest BCUT2D eigenvalue weighted by molar-refractivity contribution is -0.118. The number of thioether (sulfide) groups is 1. The fourth-order valence-electron chi connectivity index (χ4n) is 5.34. The number of pyridine rings is 1. The van der Waals surface area contributed by atoms with Gasteiger partial charge in [0.2, 0.25) is 12.7 Å². The summed E-state index contributed by atoms with van der Waals surface area (Å²) in [5, 5.41) is 6.36. The van der Waals surface area contributed by atoms with Crippen molar-refractivity contribution in [3.8, 4) is 11.5 Å². The van der Waals surface area contributed by atoms with Gasteiger partial charge in [-0.2, -0.15) is 0 Å². The van der Waals surface area contributed by atoms with E-state index in [0.717, 1.165) is 23.4 Å². The molecule has 7 rings (SSSR count). The first-order chi connectivity index (χ1) is 17.7. The van der Waals surface area contributed by atoms with Gasteiger partial charge in [-0.15, -0.1) is 11.8 Å². The molecule has 1 N–H and O–H groups in total. The van der Waals surface area contributed by atoms with Crippen LogP contribution in [0.1, 0.15) is 41.5 Å². The average Bonchev–Trinajstić information content (AvgIpc) is 3.43. The molecule has 3 heterocycles. The molecule has 6 nitrogen and oxygen atoms in total. The predicted molar refractivity (Wildman–Crippen MR) is 140 cm³/mol. The monoisotopic (exact) mass is 496 g/mol. The molecule has 0 unspecified atom stereocenters. The van der Waals surface area contributed by atoms with E-state index in [0.29, 0.717) is 35.3 Å². The minimum Gasteiger partial charge on any atom is -0.454 e. The number of amides is 1. The van der Waals surface area contributed by atoms with E-state index in [-0.39, 0.29) is 18.3 Å². The molecule has 180 valence electrons. The molecule has 1 aromatic heterocycles. The van der Waals surface area contributed by atoms with Crippen LogP contribution in [0.4, 0.5) is 5.69 Å². The van der Waals surface area contributed by atoms with E-state index in [9.17, 15) is 9.59 Å². The van der Waals surface area contributed by atoms with Crippen LogP contribution in [-0.2, 0) is 11.2 Å². The fourth-order valence-corrected chi connectivity index (χ4v) is 6.76. The number of aromatic nitrogens is 1. The minimum absolute atomic E-state index is 0.111. The zero-order valence-corrected chi connectivity index (χ0v) is 20.3. The number of hydrogen-bond acceptors (Lipinski definition) is 5. The number of hydrogen-bond donors (Lipinski definition) is 1. The van der Waals surface area contributed by atoms with E-state index in [1.54, 1.807) is 40.6 Å². The molecule has 36 heavy (non-hydrogen) atoms. The van der Waals surface area contributed by atoms with Crippen molar-refractivity contribution in [1.82, 2.24) is 4.57 Å². The third-order valence-corrected chi connectivity index (χ3v) is 8.38. The number of nitrogens with one attached hydrogen (secondary N) is 1. The van der Waals surface area contributed by atoms with Crippen molar-refractivity contribution in [2.45, 2.75) is 36.2 Å². The van der Waals surface area contributed by atoms with E-state index in [1.165, 1.54) is 21.9 Å². The highest BCUT2D eigenvalue weighted by atomic mass is 32.2. The van der Waals surface area contributed by atoms with Gasteiger partial charge in [0.15, 0.2) is 11.5 Å². The molecule has 0 bridgehead atoms. The van der Waals surface area contributed by atoms with Crippen molar-refractivity contribution in [2.75, 3.05) is 17.9 Å². The van der Waals surface area contributed by atoms with Gasteiger partial charge in [-0.3, -0.25) is 14.2 Å². The lowest BCUT2D eigenvalue weighted by atomic mass is 9.95. The van der Waals surface area contributed by atoms with Crippen LogP contribution in [0.25, 0.3) is 10.8 Å². The molecule has 1 aliphatic carbocycles. The summed E-state index contributed by atoms with van der Waals surface area (Å²) in [6.45, 7) is 0.180. The molecular weight excluding hydrogens is 472 g/mol. The second-order valence-corrected chi connectivity index (χ2v) is 10.6. The zero-order chi connectivity index (χ0) is 24.2.